The number of nitrogens with zero attached hydrogens (tertiary/aromatic N) is 1. The smallest absolute Gasteiger partial charge is 0.0501 e. The van der Waals surface area contributed by atoms with E-state index in [-0.39, 0.29) is 0 Å². The van der Waals surface area contributed by atoms with Gasteiger partial charge in [-0.3, -0.25) is 0 Å². The van der Waals surface area contributed by atoms with Gasteiger partial charge in [-0.1, -0.05) is 19.1 Å². The second-order valence-electron chi connectivity index (χ2n) is 4.36. The fourth-order valence-electron chi connectivity index (χ4n) is 2.27. The first-order valence-electron chi connectivity index (χ1n) is 6.01. The fourth-order valence-corrected chi connectivity index (χ4v) is 3.00. The Morgan fingerprint density at radius 3 is 3.00 bits per heavy atom. The predicted molar refractivity (Wildman–Crippen MR) is 78.0 cm³/mol. The number of para-hydroxylation sites is 1. The number of halogens is 1. The van der Waals surface area contributed by atoms with Crippen molar-refractivity contribution in [3.63, 3.8) is 0 Å². The molecule has 0 aliphatic carbocycles. The van der Waals surface area contributed by atoms with E-state index in [1.807, 2.05) is 0 Å². The number of rotatable bonds is 4. The number of hydrogen-bond acceptors (Lipinski definition) is 2. The highest BCUT2D eigenvalue weighted by Gasteiger charge is 2.22. The molecule has 1 atom stereocenters. The van der Waals surface area contributed by atoms with Crippen LogP contribution in [-0.4, -0.2) is 26.2 Å². The molecule has 0 amide bonds. The summed E-state index contributed by atoms with van der Waals surface area (Å²) in [5.41, 5.74) is 1.40. The van der Waals surface area contributed by atoms with Gasteiger partial charge in [0.15, 0.2) is 0 Å². The first-order chi connectivity index (χ1) is 7.81. The molecule has 0 saturated carbocycles. The fraction of sp³-hybridized carbons (Fsp3) is 0.538. The molecule has 1 heterocycles. The summed E-state index contributed by atoms with van der Waals surface area (Å²) in [4.78, 5) is 2.52. The molecule has 0 radical (unpaired) electrons. The zero-order valence-electron chi connectivity index (χ0n) is 9.75. The van der Waals surface area contributed by atoms with Gasteiger partial charge in [-0.05, 0) is 60.2 Å². The molecule has 0 spiro atoms. The predicted octanol–water partition coefficient (Wildman–Crippen LogP) is 2.73. The van der Waals surface area contributed by atoms with Gasteiger partial charge in [0, 0.05) is 16.7 Å². The molecular formula is C13H19IN2. The van der Waals surface area contributed by atoms with Crippen LogP contribution in [0.25, 0.3) is 0 Å². The Morgan fingerprint density at radius 2 is 2.25 bits per heavy atom. The molecule has 1 unspecified atom stereocenters. The van der Waals surface area contributed by atoms with Crippen LogP contribution < -0.4 is 10.2 Å². The Morgan fingerprint density at radius 1 is 1.44 bits per heavy atom. The van der Waals surface area contributed by atoms with Crippen LogP contribution in [0.2, 0.25) is 0 Å². The summed E-state index contributed by atoms with van der Waals surface area (Å²) >= 11 is 2.43. The van der Waals surface area contributed by atoms with E-state index in [0.29, 0.717) is 0 Å². The van der Waals surface area contributed by atoms with E-state index >= 15 is 0 Å². The summed E-state index contributed by atoms with van der Waals surface area (Å²) in [6.45, 7) is 6.83. The van der Waals surface area contributed by atoms with Crippen LogP contribution in [0.3, 0.4) is 0 Å². The van der Waals surface area contributed by atoms with Crippen LogP contribution in [0.5, 0.6) is 0 Å². The molecule has 2 nitrogen and oxygen atoms in total. The normalized spacial score (nSPS) is 20.4. The van der Waals surface area contributed by atoms with Crippen LogP contribution in [0, 0.1) is 9.49 Å². The lowest BCUT2D eigenvalue weighted by molar-refractivity contribution is 0.528. The molecular weight excluding hydrogens is 311 g/mol. The van der Waals surface area contributed by atoms with E-state index in [1.54, 1.807) is 0 Å². The van der Waals surface area contributed by atoms with E-state index in [4.69, 9.17) is 0 Å². The monoisotopic (exact) mass is 330 g/mol. The van der Waals surface area contributed by atoms with Crippen molar-refractivity contribution in [3.8, 4) is 0 Å². The number of benzene rings is 1. The average molecular weight is 330 g/mol. The van der Waals surface area contributed by atoms with E-state index in [9.17, 15) is 0 Å². The van der Waals surface area contributed by atoms with Gasteiger partial charge in [-0.15, -0.1) is 0 Å². The van der Waals surface area contributed by atoms with Gasteiger partial charge in [0.25, 0.3) is 0 Å². The lowest BCUT2D eigenvalue weighted by Crippen LogP contribution is -2.26. The molecule has 1 saturated heterocycles. The van der Waals surface area contributed by atoms with Crippen molar-refractivity contribution < 1.29 is 0 Å². The van der Waals surface area contributed by atoms with Crippen LogP contribution >= 0.6 is 22.6 Å². The Bertz CT molecular complexity index is 340. The zero-order chi connectivity index (χ0) is 11.4. The maximum absolute atomic E-state index is 3.45. The van der Waals surface area contributed by atoms with Gasteiger partial charge >= 0.3 is 0 Å². The minimum Gasteiger partial charge on any atom is -0.370 e. The van der Waals surface area contributed by atoms with Gasteiger partial charge in [0.1, 0.15) is 0 Å². The van der Waals surface area contributed by atoms with Crippen molar-refractivity contribution in [2.75, 3.05) is 31.1 Å². The summed E-state index contributed by atoms with van der Waals surface area (Å²) in [6.07, 6.45) is 1.32. The third kappa shape index (κ3) is 2.88. The number of hydrogen-bond donors (Lipinski definition) is 1. The zero-order valence-corrected chi connectivity index (χ0v) is 11.9. The van der Waals surface area contributed by atoms with Gasteiger partial charge in [0.05, 0.1) is 5.69 Å². The number of nitrogens with one attached hydrogen (secondary N) is 1. The first-order valence-corrected chi connectivity index (χ1v) is 7.09. The maximum Gasteiger partial charge on any atom is 0.0501 e. The summed E-state index contributed by atoms with van der Waals surface area (Å²) in [6, 6.07) is 8.66. The van der Waals surface area contributed by atoms with E-state index in [2.05, 4.69) is 64.0 Å². The van der Waals surface area contributed by atoms with Gasteiger partial charge < -0.3 is 10.2 Å². The van der Waals surface area contributed by atoms with Crippen molar-refractivity contribution >= 4 is 28.3 Å². The Balaban J connectivity index is 1.96. The molecule has 2 rings (SSSR count). The minimum atomic E-state index is 0.816. The lowest BCUT2D eigenvalue weighted by atomic mass is 10.1. The maximum atomic E-state index is 3.45. The van der Waals surface area contributed by atoms with Crippen LogP contribution in [0.1, 0.15) is 13.3 Å². The second kappa shape index (κ2) is 5.87. The van der Waals surface area contributed by atoms with E-state index < -0.39 is 0 Å². The van der Waals surface area contributed by atoms with Crippen molar-refractivity contribution in [2.45, 2.75) is 13.3 Å². The quantitative estimate of drug-likeness (QED) is 0.854. The van der Waals surface area contributed by atoms with E-state index in [1.165, 1.54) is 28.8 Å². The Hall–Kier alpha value is -0.290. The summed E-state index contributed by atoms with van der Waals surface area (Å²) in [5, 5.41) is 3.45. The highest BCUT2D eigenvalue weighted by molar-refractivity contribution is 14.1. The highest BCUT2D eigenvalue weighted by Crippen LogP contribution is 2.27. The van der Waals surface area contributed by atoms with Crippen LogP contribution in [0.4, 0.5) is 5.69 Å². The molecule has 1 aliphatic heterocycles. The molecule has 16 heavy (non-hydrogen) atoms. The Labute approximate surface area is 112 Å². The van der Waals surface area contributed by atoms with Crippen molar-refractivity contribution in [1.29, 1.82) is 0 Å². The summed E-state index contributed by atoms with van der Waals surface area (Å²) in [5.74, 6) is 0.816. The van der Waals surface area contributed by atoms with Crippen molar-refractivity contribution in [1.82, 2.24) is 5.32 Å². The summed E-state index contributed by atoms with van der Waals surface area (Å²) in [7, 11) is 0. The molecule has 1 fully saturated rings. The largest absolute Gasteiger partial charge is 0.370 e. The molecule has 3 heteroatoms. The van der Waals surface area contributed by atoms with Gasteiger partial charge in [0.2, 0.25) is 0 Å². The van der Waals surface area contributed by atoms with Crippen molar-refractivity contribution in [2.24, 2.45) is 5.92 Å². The lowest BCUT2D eigenvalue weighted by Gasteiger charge is -2.20. The third-order valence-corrected chi connectivity index (χ3v) is 4.07. The van der Waals surface area contributed by atoms with Crippen LogP contribution in [0.15, 0.2) is 24.3 Å². The summed E-state index contributed by atoms with van der Waals surface area (Å²) < 4.78 is 1.37. The molecule has 1 aromatic rings. The average Bonchev–Trinajstić information content (AvgIpc) is 2.75. The molecule has 1 N–H and O–H groups in total. The molecule has 0 bridgehead atoms. The molecule has 1 aliphatic rings. The Kier molecular flexibility index (Phi) is 4.46. The van der Waals surface area contributed by atoms with E-state index in [0.717, 1.165) is 19.0 Å². The molecule has 0 aromatic heterocycles. The first kappa shape index (κ1) is 12.2. The number of anilines is 1. The second-order valence-corrected chi connectivity index (χ2v) is 5.52. The van der Waals surface area contributed by atoms with Crippen LogP contribution in [-0.2, 0) is 0 Å². The molecule has 88 valence electrons. The standard InChI is InChI=1S/C13H19IN2/c1-2-15-9-11-7-8-16(10-11)13-6-4-3-5-12(13)14/h3-6,11,15H,2,7-10H2,1H3. The minimum absolute atomic E-state index is 0.816. The van der Waals surface area contributed by atoms with Gasteiger partial charge in [-0.2, -0.15) is 0 Å². The molecule has 1 aromatic carbocycles. The third-order valence-electron chi connectivity index (χ3n) is 3.16. The highest BCUT2D eigenvalue weighted by atomic mass is 127. The van der Waals surface area contributed by atoms with Gasteiger partial charge in [-0.25, -0.2) is 0 Å². The SMILES string of the molecule is CCNCC1CCN(c2ccccc2I)C1. The van der Waals surface area contributed by atoms with Crippen molar-refractivity contribution in [3.05, 3.63) is 27.8 Å². The topological polar surface area (TPSA) is 15.3 Å².